The lowest BCUT2D eigenvalue weighted by Gasteiger charge is -2.15. The van der Waals surface area contributed by atoms with Gasteiger partial charge in [0, 0.05) is 38.4 Å². The van der Waals surface area contributed by atoms with Crippen LogP contribution in [0.4, 0.5) is 0 Å². The van der Waals surface area contributed by atoms with Crippen molar-refractivity contribution in [2.45, 2.75) is 0 Å². The van der Waals surface area contributed by atoms with Gasteiger partial charge in [0.2, 0.25) is 0 Å². The second kappa shape index (κ2) is 12.7. The smallest absolute Gasteiger partial charge is 0.160 e. The molecule has 9 aromatic rings. The summed E-state index contributed by atoms with van der Waals surface area (Å²) in [4.78, 5) is 15.3. The fourth-order valence-electron chi connectivity index (χ4n) is 6.83. The van der Waals surface area contributed by atoms with Crippen molar-refractivity contribution < 1.29 is 0 Å². The number of benzene rings is 7. The van der Waals surface area contributed by atoms with Gasteiger partial charge in [0.15, 0.2) is 5.82 Å². The van der Waals surface area contributed by atoms with Gasteiger partial charge in [-0.15, -0.1) is 0 Å². The quantitative estimate of drug-likeness (QED) is 0.170. The highest BCUT2D eigenvalue weighted by Gasteiger charge is 2.16. The Morgan fingerprint density at radius 1 is 0.300 bits per heavy atom. The Balaban J connectivity index is 1.22. The van der Waals surface area contributed by atoms with Crippen LogP contribution in [0.5, 0.6) is 0 Å². The Morgan fingerprint density at radius 3 is 1.54 bits per heavy atom. The number of fused-ring (bicyclic) bond motifs is 3. The molecule has 0 aliphatic carbocycles. The minimum atomic E-state index is 0.707. The highest BCUT2D eigenvalue weighted by molar-refractivity contribution is 6.17. The molecule has 2 heterocycles. The molecule has 2 aromatic heterocycles. The van der Waals surface area contributed by atoms with E-state index in [0.717, 1.165) is 66.8 Å². The molecule has 0 atom stereocenters. The molecule has 234 valence electrons. The standard InChI is InChI=1S/C47H31N3/c1-5-15-32(16-6-1)39-25-14-26-40-45(39)41-30-37(27-28-42(41)48-46(40)34-19-9-3-10-20-34)36-23-13-24-38(29-36)44-31-43(33-17-7-2-8-18-33)49-47(50-44)35-21-11-4-12-22-35/h1-31H. The van der Waals surface area contributed by atoms with Gasteiger partial charge >= 0.3 is 0 Å². The second-order valence-electron chi connectivity index (χ2n) is 12.4. The summed E-state index contributed by atoms with van der Waals surface area (Å²) in [6, 6.07) is 65.6. The van der Waals surface area contributed by atoms with Crippen molar-refractivity contribution in [1.29, 1.82) is 0 Å². The maximum absolute atomic E-state index is 5.27. The van der Waals surface area contributed by atoms with Crippen molar-refractivity contribution in [2.75, 3.05) is 0 Å². The maximum atomic E-state index is 5.27. The molecule has 0 fully saturated rings. The van der Waals surface area contributed by atoms with Crippen LogP contribution in [0.25, 0.3) is 89.1 Å². The van der Waals surface area contributed by atoms with Gasteiger partial charge in [-0.05, 0) is 46.5 Å². The van der Waals surface area contributed by atoms with E-state index in [-0.39, 0.29) is 0 Å². The fourth-order valence-corrected chi connectivity index (χ4v) is 6.83. The van der Waals surface area contributed by atoms with Crippen LogP contribution in [0.3, 0.4) is 0 Å². The second-order valence-corrected chi connectivity index (χ2v) is 12.4. The zero-order chi connectivity index (χ0) is 33.3. The predicted octanol–water partition coefficient (Wildman–Crippen LogP) is 12.2. The highest BCUT2D eigenvalue weighted by Crippen LogP contribution is 2.40. The number of nitrogens with zero attached hydrogens (tertiary/aromatic N) is 3. The van der Waals surface area contributed by atoms with Gasteiger partial charge in [-0.1, -0.05) is 164 Å². The lowest BCUT2D eigenvalue weighted by atomic mass is 9.91. The molecule has 0 amide bonds. The molecule has 0 N–H and O–H groups in total. The number of aromatic nitrogens is 3. The average molecular weight is 638 g/mol. The van der Waals surface area contributed by atoms with Crippen molar-refractivity contribution >= 4 is 21.7 Å². The summed E-state index contributed by atoms with van der Waals surface area (Å²) < 4.78 is 0. The monoisotopic (exact) mass is 637 g/mol. The molecule has 50 heavy (non-hydrogen) atoms. The molecule has 0 spiro atoms. The molecule has 0 saturated heterocycles. The summed E-state index contributed by atoms with van der Waals surface area (Å²) in [5.74, 6) is 0.707. The summed E-state index contributed by atoms with van der Waals surface area (Å²) >= 11 is 0. The molecule has 0 bridgehead atoms. The highest BCUT2D eigenvalue weighted by atomic mass is 14.9. The van der Waals surface area contributed by atoms with Crippen LogP contribution in [0.2, 0.25) is 0 Å². The van der Waals surface area contributed by atoms with Gasteiger partial charge in [0.05, 0.1) is 22.6 Å². The Morgan fingerprint density at radius 2 is 0.840 bits per heavy atom. The summed E-state index contributed by atoms with van der Waals surface area (Å²) in [5.41, 5.74) is 12.5. The molecule has 0 aliphatic rings. The van der Waals surface area contributed by atoms with E-state index in [2.05, 4.69) is 152 Å². The fraction of sp³-hybridized carbons (Fsp3) is 0. The maximum Gasteiger partial charge on any atom is 0.160 e. The van der Waals surface area contributed by atoms with E-state index >= 15 is 0 Å². The molecule has 9 rings (SSSR count). The van der Waals surface area contributed by atoms with Gasteiger partial charge in [0.25, 0.3) is 0 Å². The van der Waals surface area contributed by atoms with Crippen LogP contribution < -0.4 is 0 Å². The summed E-state index contributed by atoms with van der Waals surface area (Å²) in [6.45, 7) is 0. The number of hydrogen-bond donors (Lipinski definition) is 0. The molecule has 3 heteroatoms. The number of pyridine rings is 1. The molecule has 3 nitrogen and oxygen atoms in total. The predicted molar refractivity (Wildman–Crippen MR) is 207 cm³/mol. The van der Waals surface area contributed by atoms with Gasteiger partial charge in [0.1, 0.15) is 0 Å². The van der Waals surface area contributed by atoms with Crippen LogP contribution in [0.15, 0.2) is 188 Å². The first-order chi connectivity index (χ1) is 24.8. The van der Waals surface area contributed by atoms with Crippen LogP contribution in [0.1, 0.15) is 0 Å². The molecule has 7 aromatic carbocycles. The minimum absolute atomic E-state index is 0.707. The first-order valence-electron chi connectivity index (χ1n) is 16.9. The first kappa shape index (κ1) is 29.4. The molecular formula is C47H31N3. The van der Waals surface area contributed by atoms with Crippen molar-refractivity contribution in [1.82, 2.24) is 15.0 Å². The van der Waals surface area contributed by atoms with E-state index < -0.39 is 0 Å². The van der Waals surface area contributed by atoms with Gasteiger partial charge in [-0.2, -0.15) is 0 Å². The van der Waals surface area contributed by atoms with Crippen LogP contribution in [-0.4, -0.2) is 15.0 Å². The summed E-state index contributed by atoms with van der Waals surface area (Å²) in [5, 5.41) is 3.47. The van der Waals surface area contributed by atoms with Crippen molar-refractivity contribution in [3.63, 3.8) is 0 Å². The third-order valence-electron chi connectivity index (χ3n) is 9.27. The lowest BCUT2D eigenvalue weighted by Crippen LogP contribution is -1.96. The largest absolute Gasteiger partial charge is 0.247 e. The molecular weight excluding hydrogens is 607 g/mol. The Kier molecular flexibility index (Phi) is 7.49. The van der Waals surface area contributed by atoms with Crippen molar-refractivity contribution in [3.8, 4) is 67.4 Å². The van der Waals surface area contributed by atoms with E-state index in [4.69, 9.17) is 15.0 Å². The van der Waals surface area contributed by atoms with E-state index in [1.807, 2.05) is 36.4 Å². The number of hydrogen-bond acceptors (Lipinski definition) is 3. The van der Waals surface area contributed by atoms with Crippen molar-refractivity contribution in [3.05, 3.63) is 188 Å². The molecule has 0 aliphatic heterocycles. The van der Waals surface area contributed by atoms with E-state index in [9.17, 15) is 0 Å². The molecule has 0 radical (unpaired) electrons. The average Bonchev–Trinajstić information content (AvgIpc) is 3.21. The van der Waals surface area contributed by atoms with Crippen LogP contribution in [0, 0.1) is 0 Å². The zero-order valence-electron chi connectivity index (χ0n) is 27.2. The minimum Gasteiger partial charge on any atom is -0.247 e. The zero-order valence-corrected chi connectivity index (χ0v) is 27.2. The van der Waals surface area contributed by atoms with Crippen LogP contribution >= 0.6 is 0 Å². The Bertz CT molecular complexity index is 2560. The lowest BCUT2D eigenvalue weighted by molar-refractivity contribution is 1.18. The first-order valence-corrected chi connectivity index (χ1v) is 16.9. The van der Waals surface area contributed by atoms with Gasteiger partial charge in [-0.25, -0.2) is 15.0 Å². The van der Waals surface area contributed by atoms with E-state index in [1.165, 1.54) is 16.5 Å². The summed E-state index contributed by atoms with van der Waals surface area (Å²) in [7, 11) is 0. The van der Waals surface area contributed by atoms with E-state index in [0.29, 0.717) is 5.82 Å². The van der Waals surface area contributed by atoms with Crippen molar-refractivity contribution in [2.24, 2.45) is 0 Å². The third kappa shape index (κ3) is 5.51. The Labute approximate surface area is 291 Å². The van der Waals surface area contributed by atoms with Gasteiger partial charge in [-0.3, -0.25) is 0 Å². The third-order valence-corrected chi connectivity index (χ3v) is 9.27. The van der Waals surface area contributed by atoms with Crippen LogP contribution in [-0.2, 0) is 0 Å². The molecule has 0 saturated carbocycles. The Hall–Kier alpha value is -6.71. The SMILES string of the molecule is c1ccc(-c2cc(-c3cccc(-c4ccc5nc(-c6ccccc6)c6cccc(-c7ccccc7)c6c5c4)c3)nc(-c3ccccc3)n2)cc1. The molecule has 0 unspecified atom stereocenters. The van der Waals surface area contributed by atoms with Gasteiger partial charge < -0.3 is 0 Å². The number of rotatable bonds is 6. The summed E-state index contributed by atoms with van der Waals surface area (Å²) in [6.07, 6.45) is 0. The topological polar surface area (TPSA) is 38.7 Å². The van der Waals surface area contributed by atoms with E-state index in [1.54, 1.807) is 0 Å². The normalized spacial score (nSPS) is 11.2.